The molecule has 5 heteroatoms. The molecule has 4 nitrogen and oxygen atoms in total. The van der Waals surface area contributed by atoms with Gasteiger partial charge in [0.05, 0.1) is 5.92 Å². The predicted molar refractivity (Wildman–Crippen MR) is 94.8 cm³/mol. The second-order valence-electron chi connectivity index (χ2n) is 6.46. The molecule has 1 fully saturated rings. The number of fused-ring (bicyclic) bond motifs is 1. The summed E-state index contributed by atoms with van der Waals surface area (Å²) in [7, 11) is 0. The number of amides is 1. The van der Waals surface area contributed by atoms with Crippen molar-refractivity contribution in [1.82, 2.24) is 4.90 Å². The number of likely N-dealkylation sites (tertiary alicyclic amines) is 1. The maximum atomic E-state index is 12.9. The number of furan rings is 1. The quantitative estimate of drug-likeness (QED) is 0.932. The van der Waals surface area contributed by atoms with E-state index in [2.05, 4.69) is 6.92 Å². The summed E-state index contributed by atoms with van der Waals surface area (Å²) in [5.74, 6) is 1.23. The first kappa shape index (κ1) is 17.8. The minimum Gasteiger partial charge on any atom is -0.460 e. The van der Waals surface area contributed by atoms with Crippen molar-refractivity contribution < 1.29 is 9.21 Å². The largest absolute Gasteiger partial charge is 0.460 e. The second kappa shape index (κ2) is 7.37. The molecule has 0 spiro atoms. The van der Waals surface area contributed by atoms with E-state index in [1.807, 2.05) is 42.2 Å². The fourth-order valence-electron chi connectivity index (χ4n) is 3.35. The first-order valence-corrected chi connectivity index (χ1v) is 8.09. The lowest BCUT2D eigenvalue weighted by molar-refractivity contribution is -0.136. The van der Waals surface area contributed by atoms with E-state index < -0.39 is 0 Å². The van der Waals surface area contributed by atoms with E-state index >= 15 is 0 Å². The lowest BCUT2D eigenvalue weighted by Crippen LogP contribution is -2.50. The van der Waals surface area contributed by atoms with Crippen LogP contribution < -0.4 is 5.73 Å². The van der Waals surface area contributed by atoms with Crippen LogP contribution in [0.4, 0.5) is 0 Å². The first-order chi connectivity index (χ1) is 10.6. The van der Waals surface area contributed by atoms with Gasteiger partial charge < -0.3 is 15.1 Å². The van der Waals surface area contributed by atoms with Crippen LogP contribution in [-0.2, 0) is 4.79 Å². The highest BCUT2D eigenvalue weighted by atomic mass is 35.5. The zero-order chi connectivity index (χ0) is 15.7. The van der Waals surface area contributed by atoms with Crippen molar-refractivity contribution in [3.8, 4) is 0 Å². The molecule has 23 heavy (non-hydrogen) atoms. The molecule has 1 aromatic carbocycles. The summed E-state index contributed by atoms with van der Waals surface area (Å²) in [6.07, 6.45) is 2.05. The Labute approximate surface area is 143 Å². The molecule has 1 aliphatic heterocycles. The summed E-state index contributed by atoms with van der Waals surface area (Å²) in [6, 6.07) is 9.99. The second-order valence-corrected chi connectivity index (χ2v) is 6.46. The predicted octanol–water partition coefficient (Wildman–Crippen LogP) is 3.54. The van der Waals surface area contributed by atoms with Crippen LogP contribution in [0.3, 0.4) is 0 Å². The molecule has 3 unspecified atom stereocenters. The maximum Gasteiger partial charge on any atom is 0.233 e. The van der Waals surface area contributed by atoms with Gasteiger partial charge in [-0.2, -0.15) is 0 Å². The minimum absolute atomic E-state index is 0. The van der Waals surface area contributed by atoms with Gasteiger partial charge in [0.25, 0.3) is 0 Å². The van der Waals surface area contributed by atoms with Crippen LogP contribution in [0, 0.1) is 5.92 Å². The number of benzene rings is 1. The minimum atomic E-state index is -0.269. The first-order valence-electron chi connectivity index (χ1n) is 8.09. The van der Waals surface area contributed by atoms with E-state index in [-0.39, 0.29) is 30.3 Å². The fourth-order valence-corrected chi connectivity index (χ4v) is 3.35. The Bertz CT molecular complexity index is 637. The molecule has 126 valence electrons. The van der Waals surface area contributed by atoms with Crippen LogP contribution in [-0.4, -0.2) is 29.9 Å². The van der Waals surface area contributed by atoms with Gasteiger partial charge in [0.15, 0.2) is 0 Å². The molecule has 0 aliphatic carbocycles. The summed E-state index contributed by atoms with van der Waals surface area (Å²) in [6.45, 7) is 5.48. The fraction of sp³-hybridized carbons (Fsp3) is 0.500. The Hall–Kier alpha value is -1.52. The third-order valence-electron chi connectivity index (χ3n) is 4.77. The normalized spacial score (nSPS) is 22.7. The molecule has 2 N–H and O–H groups in total. The van der Waals surface area contributed by atoms with Crippen molar-refractivity contribution in [3.05, 3.63) is 36.1 Å². The van der Waals surface area contributed by atoms with E-state index in [1.54, 1.807) is 0 Å². The van der Waals surface area contributed by atoms with Crippen LogP contribution >= 0.6 is 12.4 Å². The molecule has 3 atom stereocenters. The van der Waals surface area contributed by atoms with Gasteiger partial charge in [-0.1, -0.05) is 25.1 Å². The van der Waals surface area contributed by atoms with Crippen molar-refractivity contribution in [2.24, 2.45) is 11.7 Å². The van der Waals surface area contributed by atoms with Gasteiger partial charge in [-0.05, 0) is 37.8 Å². The van der Waals surface area contributed by atoms with E-state index in [4.69, 9.17) is 10.2 Å². The number of nitrogens with two attached hydrogens (primary N) is 1. The molecule has 2 heterocycles. The molecule has 0 saturated carbocycles. The number of hydrogen-bond acceptors (Lipinski definition) is 3. The van der Waals surface area contributed by atoms with Crippen LogP contribution in [0.1, 0.15) is 38.4 Å². The van der Waals surface area contributed by atoms with Gasteiger partial charge in [0.2, 0.25) is 5.91 Å². The molecular formula is C18H25ClN2O2. The van der Waals surface area contributed by atoms with Gasteiger partial charge in [0.1, 0.15) is 11.3 Å². The number of hydrogen-bond donors (Lipinski definition) is 1. The summed E-state index contributed by atoms with van der Waals surface area (Å²) >= 11 is 0. The smallest absolute Gasteiger partial charge is 0.233 e. The number of nitrogens with zero attached hydrogens (tertiary/aromatic N) is 1. The van der Waals surface area contributed by atoms with Crippen molar-refractivity contribution >= 4 is 29.3 Å². The summed E-state index contributed by atoms with van der Waals surface area (Å²) in [5.41, 5.74) is 6.71. The number of rotatable bonds is 3. The Morgan fingerprint density at radius 3 is 2.87 bits per heavy atom. The van der Waals surface area contributed by atoms with E-state index in [0.29, 0.717) is 12.5 Å². The number of halogens is 1. The zero-order valence-electron chi connectivity index (χ0n) is 13.7. The third-order valence-corrected chi connectivity index (χ3v) is 4.77. The third kappa shape index (κ3) is 3.54. The molecule has 1 aliphatic rings. The lowest BCUT2D eigenvalue weighted by Gasteiger charge is -2.39. The summed E-state index contributed by atoms with van der Waals surface area (Å²) < 4.78 is 5.85. The average molecular weight is 337 g/mol. The molecule has 1 amide bonds. The Morgan fingerprint density at radius 2 is 2.17 bits per heavy atom. The number of carbonyl (C=O) groups is 1. The Morgan fingerprint density at radius 1 is 1.43 bits per heavy atom. The van der Waals surface area contributed by atoms with Crippen LogP contribution in [0.25, 0.3) is 11.0 Å². The summed E-state index contributed by atoms with van der Waals surface area (Å²) in [5, 5.41) is 1.04. The Kier molecular flexibility index (Phi) is 5.71. The van der Waals surface area contributed by atoms with Crippen LogP contribution in [0.15, 0.2) is 34.7 Å². The molecule has 2 aromatic rings. The van der Waals surface area contributed by atoms with Crippen molar-refractivity contribution in [2.75, 3.05) is 13.1 Å². The summed E-state index contributed by atoms with van der Waals surface area (Å²) in [4.78, 5) is 14.8. The Balaban J connectivity index is 0.00000192. The van der Waals surface area contributed by atoms with Gasteiger partial charge in [-0.15, -0.1) is 12.4 Å². The zero-order valence-corrected chi connectivity index (χ0v) is 14.5. The van der Waals surface area contributed by atoms with Crippen LogP contribution in [0.2, 0.25) is 0 Å². The van der Waals surface area contributed by atoms with Gasteiger partial charge >= 0.3 is 0 Å². The van der Waals surface area contributed by atoms with E-state index in [0.717, 1.165) is 36.1 Å². The highest BCUT2D eigenvalue weighted by Crippen LogP contribution is 2.29. The highest BCUT2D eigenvalue weighted by molar-refractivity contribution is 5.86. The molecule has 1 saturated heterocycles. The van der Waals surface area contributed by atoms with Gasteiger partial charge in [-0.25, -0.2) is 0 Å². The van der Waals surface area contributed by atoms with Crippen molar-refractivity contribution in [1.29, 1.82) is 0 Å². The number of carbonyl (C=O) groups excluding carboxylic acids is 1. The highest BCUT2D eigenvalue weighted by Gasteiger charge is 2.32. The van der Waals surface area contributed by atoms with E-state index in [9.17, 15) is 4.79 Å². The van der Waals surface area contributed by atoms with Crippen LogP contribution in [0.5, 0.6) is 0 Å². The van der Waals surface area contributed by atoms with Gasteiger partial charge in [0, 0.05) is 24.5 Å². The molecule has 0 bridgehead atoms. The average Bonchev–Trinajstić information content (AvgIpc) is 2.97. The van der Waals surface area contributed by atoms with Gasteiger partial charge in [-0.3, -0.25) is 4.79 Å². The van der Waals surface area contributed by atoms with Crippen molar-refractivity contribution in [2.45, 2.75) is 38.6 Å². The SMILES string of the molecule is CC1CCN(C(=O)C(C)c2cc3ccccc3o2)C(CN)C1.Cl. The monoisotopic (exact) mass is 336 g/mol. The lowest BCUT2D eigenvalue weighted by atomic mass is 9.91. The molecule has 1 aromatic heterocycles. The topological polar surface area (TPSA) is 59.5 Å². The number of piperidine rings is 1. The molecule has 0 radical (unpaired) electrons. The standard InChI is InChI=1S/C18H24N2O2.ClH/c1-12-7-8-20(15(9-12)11-19)18(21)13(2)17-10-14-5-3-4-6-16(14)22-17;/h3-6,10,12-13,15H,7-9,11,19H2,1-2H3;1H. The number of para-hydroxylation sites is 1. The molecule has 3 rings (SSSR count). The van der Waals surface area contributed by atoms with E-state index in [1.165, 1.54) is 0 Å². The maximum absolute atomic E-state index is 12.9. The molecular weight excluding hydrogens is 312 g/mol. The van der Waals surface area contributed by atoms with Crippen molar-refractivity contribution in [3.63, 3.8) is 0 Å².